The molecule has 0 radical (unpaired) electrons. The van der Waals surface area contributed by atoms with Crippen LogP contribution in [0.15, 0.2) is 29.6 Å². The van der Waals surface area contributed by atoms with Crippen molar-refractivity contribution in [1.82, 2.24) is 5.32 Å². The molecule has 1 amide bonds. The van der Waals surface area contributed by atoms with Crippen molar-refractivity contribution in [2.24, 2.45) is 0 Å². The first kappa shape index (κ1) is 13.5. The maximum Gasteiger partial charge on any atom is 0.322 e. The second-order valence-corrected chi connectivity index (χ2v) is 5.19. The summed E-state index contributed by atoms with van der Waals surface area (Å²) in [4.78, 5) is 21.7. The molecule has 0 aliphatic rings. The van der Waals surface area contributed by atoms with Crippen molar-refractivity contribution in [1.29, 1.82) is 0 Å². The minimum absolute atomic E-state index is 0.207. The molecule has 1 aromatic heterocycles. The zero-order chi connectivity index (χ0) is 13.7. The summed E-state index contributed by atoms with van der Waals surface area (Å²) in [6, 6.07) is 8.20. The molecular weight excluding hydrogens is 262 g/mol. The van der Waals surface area contributed by atoms with Gasteiger partial charge in [0.05, 0.1) is 0 Å². The van der Waals surface area contributed by atoms with Gasteiger partial charge in [-0.1, -0.05) is 18.2 Å². The first-order valence-corrected chi connectivity index (χ1v) is 6.98. The van der Waals surface area contributed by atoms with Crippen molar-refractivity contribution < 1.29 is 14.7 Å². The quantitative estimate of drug-likeness (QED) is 0.852. The van der Waals surface area contributed by atoms with Crippen LogP contribution < -0.4 is 5.32 Å². The molecule has 4 nitrogen and oxygen atoms in total. The first-order chi connectivity index (χ1) is 9.16. The number of carboxylic acid groups (broad SMARTS) is 1. The Morgan fingerprint density at radius 3 is 2.84 bits per heavy atom. The number of aryl methyl sites for hydroxylation is 1. The van der Waals surface area contributed by atoms with E-state index in [0.29, 0.717) is 6.42 Å². The number of carboxylic acids is 1. The van der Waals surface area contributed by atoms with E-state index in [9.17, 15) is 9.59 Å². The van der Waals surface area contributed by atoms with Crippen LogP contribution in [0.3, 0.4) is 0 Å². The maximum atomic E-state index is 11.4. The third-order valence-corrected chi connectivity index (χ3v) is 3.86. The van der Waals surface area contributed by atoms with E-state index >= 15 is 0 Å². The van der Waals surface area contributed by atoms with Crippen LogP contribution in [0.5, 0.6) is 0 Å². The Kier molecular flexibility index (Phi) is 4.52. The Balaban J connectivity index is 1.83. The van der Waals surface area contributed by atoms with E-state index in [1.807, 2.05) is 12.1 Å². The zero-order valence-electron chi connectivity index (χ0n) is 10.4. The Hall–Kier alpha value is -1.88. The minimum Gasteiger partial charge on any atom is -0.480 e. The molecule has 0 saturated heterocycles. The Morgan fingerprint density at radius 1 is 1.26 bits per heavy atom. The Bertz CT molecular complexity index is 591. The fourth-order valence-electron chi connectivity index (χ4n) is 1.93. The lowest BCUT2D eigenvalue weighted by atomic mass is 10.1. The number of hydrogen-bond donors (Lipinski definition) is 2. The number of benzene rings is 1. The number of amides is 1. The van der Waals surface area contributed by atoms with E-state index in [1.54, 1.807) is 11.3 Å². The van der Waals surface area contributed by atoms with E-state index < -0.39 is 5.97 Å². The van der Waals surface area contributed by atoms with Gasteiger partial charge in [-0.2, -0.15) is 0 Å². The number of carbonyl (C=O) groups is 2. The van der Waals surface area contributed by atoms with Crippen LogP contribution >= 0.6 is 11.3 Å². The van der Waals surface area contributed by atoms with E-state index in [2.05, 4.69) is 22.8 Å². The van der Waals surface area contributed by atoms with Crippen LogP contribution in [0.4, 0.5) is 0 Å². The second kappa shape index (κ2) is 6.33. The molecular formula is C14H15NO3S. The SMILES string of the molecule is O=C(O)CNC(=O)CCCc1csc2ccccc12. The summed E-state index contributed by atoms with van der Waals surface area (Å²) in [6.07, 6.45) is 1.92. The number of nitrogens with one attached hydrogen (secondary N) is 1. The molecule has 2 N–H and O–H groups in total. The van der Waals surface area contributed by atoms with Gasteiger partial charge in [-0.25, -0.2) is 0 Å². The van der Waals surface area contributed by atoms with Crippen LogP contribution in [0, 0.1) is 0 Å². The van der Waals surface area contributed by atoms with Gasteiger partial charge in [0.2, 0.25) is 5.91 Å². The summed E-state index contributed by atoms with van der Waals surface area (Å²) in [5.41, 5.74) is 1.26. The van der Waals surface area contributed by atoms with Crippen molar-refractivity contribution in [3.05, 3.63) is 35.2 Å². The van der Waals surface area contributed by atoms with Gasteiger partial charge >= 0.3 is 5.97 Å². The molecule has 100 valence electrons. The van der Waals surface area contributed by atoms with Crippen LogP contribution in [0.25, 0.3) is 10.1 Å². The maximum absolute atomic E-state index is 11.4. The number of rotatable bonds is 6. The summed E-state index contributed by atoms with van der Waals surface area (Å²) < 4.78 is 1.26. The average molecular weight is 277 g/mol. The third-order valence-electron chi connectivity index (χ3n) is 2.85. The van der Waals surface area contributed by atoms with Gasteiger partial charge < -0.3 is 10.4 Å². The molecule has 1 aromatic carbocycles. The van der Waals surface area contributed by atoms with E-state index in [4.69, 9.17) is 5.11 Å². The van der Waals surface area contributed by atoms with Gasteiger partial charge in [0, 0.05) is 11.1 Å². The lowest BCUT2D eigenvalue weighted by Gasteiger charge is -2.02. The molecule has 0 aliphatic heterocycles. The molecule has 0 bridgehead atoms. The Morgan fingerprint density at radius 2 is 2.05 bits per heavy atom. The second-order valence-electron chi connectivity index (χ2n) is 4.28. The number of aliphatic carboxylic acids is 1. The van der Waals surface area contributed by atoms with E-state index in [1.165, 1.54) is 15.6 Å². The molecule has 5 heteroatoms. The predicted molar refractivity (Wildman–Crippen MR) is 75.4 cm³/mol. The van der Waals surface area contributed by atoms with Crippen molar-refractivity contribution in [3.63, 3.8) is 0 Å². The third kappa shape index (κ3) is 3.79. The molecule has 0 aliphatic carbocycles. The van der Waals surface area contributed by atoms with Crippen LogP contribution in [-0.4, -0.2) is 23.5 Å². The largest absolute Gasteiger partial charge is 0.480 e. The summed E-state index contributed by atoms with van der Waals surface area (Å²) in [6.45, 7) is -0.305. The monoisotopic (exact) mass is 277 g/mol. The van der Waals surface area contributed by atoms with E-state index in [-0.39, 0.29) is 12.5 Å². The molecule has 19 heavy (non-hydrogen) atoms. The zero-order valence-corrected chi connectivity index (χ0v) is 11.2. The highest BCUT2D eigenvalue weighted by molar-refractivity contribution is 7.17. The molecule has 2 rings (SSSR count). The van der Waals surface area contributed by atoms with Crippen LogP contribution in [-0.2, 0) is 16.0 Å². The topological polar surface area (TPSA) is 66.4 Å². The highest BCUT2D eigenvalue weighted by Gasteiger charge is 2.06. The lowest BCUT2D eigenvalue weighted by molar-refractivity contribution is -0.137. The predicted octanol–water partition coefficient (Wildman–Crippen LogP) is 2.42. The number of fused-ring (bicyclic) bond motifs is 1. The van der Waals surface area contributed by atoms with Gasteiger partial charge in [-0.15, -0.1) is 11.3 Å². The summed E-state index contributed by atoms with van der Waals surface area (Å²) in [5.74, 6) is -1.22. The fourth-order valence-corrected chi connectivity index (χ4v) is 2.93. The number of thiophene rings is 1. The van der Waals surface area contributed by atoms with Gasteiger partial charge in [0.25, 0.3) is 0 Å². The van der Waals surface area contributed by atoms with Gasteiger partial charge in [0.15, 0.2) is 0 Å². The summed E-state index contributed by atoms with van der Waals surface area (Å²) in [7, 11) is 0. The molecule has 0 atom stereocenters. The fraction of sp³-hybridized carbons (Fsp3) is 0.286. The number of hydrogen-bond acceptors (Lipinski definition) is 3. The smallest absolute Gasteiger partial charge is 0.322 e. The standard InChI is InChI=1S/C14H15NO3S/c16-13(15-8-14(17)18)7-3-4-10-9-19-12-6-2-1-5-11(10)12/h1-2,5-6,9H,3-4,7-8H2,(H,15,16)(H,17,18). The average Bonchev–Trinajstić information content (AvgIpc) is 2.80. The van der Waals surface area contributed by atoms with Crippen LogP contribution in [0.1, 0.15) is 18.4 Å². The highest BCUT2D eigenvalue weighted by Crippen LogP contribution is 2.26. The number of carbonyl (C=O) groups excluding carboxylic acids is 1. The molecule has 0 spiro atoms. The first-order valence-electron chi connectivity index (χ1n) is 6.10. The van der Waals surface area contributed by atoms with Gasteiger partial charge in [-0.05, 0) is 35.2 Å². The van der Waals surface area contributed by atoms with Crippen molar-refractivity contribution in [2.45, 2.75) is 19.3 Å². The summed E-state index contributed by atoms with van der Waals surface area (Å²) in [5, 5.41) is 14.2. The minimum atomic E-state index is -1.02. The molecule has 1 heterocycles. The van der Waals surface area contributed by atoms with Crippen molar-refractivity contribution >= 4 is 33.3 Å². The summed E-state index contributed by atoms with van der Waals surface area (Å²) >= 11 is 1.71. The van der Waals surface area contributed by atoms with Gasteiger partial charge in [0.1, 0.15) is 6.54 Å². The molecule has 0 fully saturated rings. The van der Waals surface area contributed by atoms with Crippen LogP contribution in [0.2, 0.25) is 0 Å². The van der Waals surface area contributed by atoms with Crippen molar-refractivity contribution in [3.8, 4) is 0 Å². The van der Waals surface area contributed by atoms with Crippen molar-refractivity contribution in [2.75, 3.05) is 6.54 Å². The Labute approximate surface area is 115 Å². The normalized spacial score (nSPS) is 10.5. The molecule has 0 unspecified atom stereocenters. The van der Waals surface area contributed by atoms with Gasteiger partial charge in [-0.3, -0.25) is 9.59 Å². The molecule has 2 aromatic rings. The lowest BCUT2D eigenvalue weighted by Crippen LogP contribution is -2.28. The highest BCUT2D eigenvalue weighted by atomic mass is 32.1. The van der Waals surface area contributed by atoms with E-state index in [0.717, 1.165) is 12.8 Å². The molecule has 0 saturated carbocycles.